The maximum absolute atomic E-state index is 12.3. The van der Waals surface area contributed by atoms with E-state index in [9.17, 15) is 9.59 Å². The first-order valence-corrected chi connectivity index (χ1v) is 8.28. The summed E-state index contributed by atoms with van der Waals surface area (Å²) in [5.41, 5.74) is 0.773. The Hall–Kier alpha value is -1.36. The number of amides is 2. The first-order valence-electron chi connectivity index (χ1n) is 7.49. The first kappa shape index (κ1) is 14.6. The van der Waals surface area contributed by atoms with E-state index in [1.807, 2.05) is 29.2 Å². The van der Waals surface area contributed by atoms with E-state index in [-0.39, 0.29) is 17.7 Å². The average Bonchev–Trinajstić information content (AvgIpc) is 3.10. The molecule has 2 fully saturated rings. The summed E-state index contributed by atoms with van der Waals surface area (Å²) >= 11 is 3.37. The minimum Gasteiger partial charge on any atom is -0.339 e. The molecule has 0 aromatic heterocycles. The van der Waals surface area contributed by atoms with Gasteiger partial charge in [0, 0.05) is 29.2 Å². The molecule has 2 amide bonds. The van der Waals surface area contributed by atoms with Gasteiger partial charge in [-0.2, -0.15) is 0 Å². The van der Waals surface area contributed by atoms with Gasteiger partial charge in [0.25, 0.3) is 0 Å². The second kappa shape index (κ2) is 6.18. The number of nitrogens with one attached hydrogen (secondary N) is 1. The molecule has 1 aliphatic heterocycles. The number of benzene rings is 1. The largest absolute Gasteiger partial charge is 0.339 e. The molecule has 1 saturated carbocycles. The van der Waals surface area contributed by atoms with E-state index in [1.165, 1.54) is 12.8 Å². The van der Waals surface area contributed by atoms with Crippen LogP contribution < -0.4 is 5.32 Å². The normalized spacial score (nSPS) is 22.8. The molecule has 1 aliphatic carbocycles. The summed E-state index contributed by atoms with van der Waals surface area (Å²) in [5.74, 6) is -0.134. The quantitative estimate of drug-likeness (QED) is 0.909. The van der Waals surface area contributed by atoms with Crippen molar-refractivity contribution in [1.82, 2.24) is 4.90 Å². The topological polar surface area (TPSA) is 49.4 Å². The predicted molar refractivity (Wildman–Crippen MR) is 84.8 cm³/mol. The van der Waals surface area contributed by atoms with Gasteiger partial charge in [0.05, 0.1) is 5.92 Å². The Morgan fingerprint density at radius 2 is 1.86 bits per heavy atom. The number of likely N-dealkylation sites (tertiary alicyclic amines) is 1. The van der Waals surface area contributed by atoms with E-state index in [2.05, 4.69) is 21.2 Å². The van der Waals surface area contributed by atoms with Crippen LogP contribution in [0.2, 0.25) is 0 Å². The van der Waals surface area contributed by atoms with Crippen molar-refractivity contribution in [3.63, 3.8) is 0 Å². The van der Waals surface area contributed by atoms with Crippen LogP contribution in [-0.4, -0.2) is 29.3 Å². The Morgan fingerprint density at radius 3 is 2.52 bits per heavy atom. The van der Waals surface area contributed by atoms with E-state index in [0.29, 0.717) is 19.0 Å². The average molecular weight is 351 g/mol. The zero-order valence-electron chi connectivity index (χ0n) is 11.8. The van der Waals surface area contributed by atoms with Gasteiger partial charge in [-0.15, -0.1) is 0 Å². The molecule has 1 saturated heterocycles. The van der Waals surface area contributed by atoms with E-state index in [1.54, 1.807) is 0 Å². The molecule has 3 rings (SSSR count). The maximum atomic E-state index is 12.3. The van der Waals surface area contributed by atoms with Gasteiger partial charge in [-0.1, -0.05) is 28.8 Å². The number of rotatable bonds is 3. The summed E-state index contributed by atoms with van der Waals surface area (Å²) in [6, 6.07) is 7.85. The van der Waals surface area contributed by atoms with Gasteiger partial charge in [0.2, 0.25) is 11.8 Å². The molecule has 0 bridgehead atoms. The summed E-state index contributed by atoms with van der Waals surface area (Å²) in [6.07, 6.45) is 4.92. The number of carbonyl (C=O) groups is 2. The van der Waals surface area contributed by atoms with Crippen molar-refractivity contribution in [1.29, 1.82) is 0 Å². The van der Waals surface area contributed by atoms with Crippen molar-refractivity contribution in [2.45, 2.75) is 38.1 Å². The van der Waals surface area contributed by atoms with Crippen molar-refractivity contribution in [2.24, 2.45) is 5.92 Å². The van der Waals surface area contributed by atoms with Gasteiger partial charge in [0.15, 0.2) is 0 Å². The minimum absolute atomic E-state index is 0.0498. The molecule has 1 aromatic rings. The zero-order valence-corrected chi connectivity index (χ0v) is 13.4. The molecule has 1 heterocycles. The summed E-state index contributed by atoms with van der Waals surface area (Å²) in [7, 11) is 0. The van der Waals surface area contributed by atoms with E-state index >= 15 is 0 Å². The van der Waals surface area contributed by atoms with Gasteiger partial charge >= 0.3 is 0 Å². The Balaban J connectivity index is 1.60. The highest BCUT2D eigenvalue weighted by Crippen LogP contribution is 2.30. The maximum Gasteiger partial charge on any atom is 0.229 e. The van der Waals surface area contributed by atoms with E-state index in [4.69, 9.17) is 0 Å². The number of nitrogens with zero attached hydrogens (tertiary/aromatic N) is 1. The Kier molecular flexibility index (Phi) is 4.29. The van der Waals surface area contributed by atoms with Crippen LogP contribution in [0.25, 0.3) is 0 Å². The smallest absolute Gasteiger partial charge is 0.229 e. The number of carbonyl (C=O) groups excluding carboxylic acids is 2. The highest BCUT2D eigenvalue weighted by atomic mass is 79.9. The molecule has 1 N–H and O–H groups in total. The van der Waals surface area contributed by atoms with Gasteiger partial charge in [-0.05, 0) is 37.1 Å². The van der Waals surface area contributed by atoms with Crippen LogP contribution in [0.1, 0.15) is 32.1 Å². The Labute approximate surface area is 133 Å². The number of halogens is 1. The summed E-state index contributed by atoms with van der Waals surface area (Å²) < 4.78 is 0.976. The third-order valence-corrected chi connectivity index (χ3v) is 4.94. The van der Waals surface area contributed by atoms with Crippen molar-refractivity contribution in [3.05, 3.63) is 28.7 Å². The lowest BCUT2D eigenvalue weighted by molar-refractivity contribution is -0.129. The summed E-state index contributed by atoms with van der Waals surface area (Å²) in [4.78, 5) is 26.3. The highest BCUT2D eigenvalue weighted by Gasteiger charge is 2.38. The summed E-state index contributed by atoms with van der Waals surface area (Å²) in [6.45, 7) is 0.575. The second-order valence-electron chi connectivity index (χ2n) is 5.88. The van der Waals surface area contributed by atoms with E-state index in [0.717, 1.165) is 23.0 Å². The van der Waals surface area contributed by atoms with Crippen LogP contribution >= 0.6 is 15.9 Å². The molecule has 1 atom stereocenters. The lowest BCUT2D eigenvalue weighted by atomic mass is 10.1. The van der Waals surface area contributed by atoms with Crippen LogP contribution in [0.15, 0.2) is 28.7 Å². The lowest BCUT2D eigenvalue weighted by Gasteiger charge is -2.23. The highest BCUT2D eigenvalue weighted by molar-refractivity contribution is 9.10. The van der Waals surface area contributed by atoms with Crippen molar-refractivity contribution < 1.29 is 9.59 Å². The molecule has 1 aromatic carbocycles. The van der Waals surface area contributed by atoms with Crippen molar-refractivity contribution in [2.75, 3.05) is 11.9 Å². The first-order chi connectivity index (χ1) is 10.1. The van der Waals surface area contributed by atoms with Crippen LogP contribution in [0.5, 0.6) is 0 Å². The van der Waals surface area contributed by atoms with Gasteiger partial charge < -0.3 is 10.2 Å². The number of anilines is 1. The fourth-order valence-corrected chi connectivity index (χ4v) is 3.52. The molecule has 5 heteroatoms. The van der Waals surface area contributed by atoms with Crippen molar-refractivity contribution >= 4 is 33.4 Å². The third-order valence-electron chi connectivity index (χ3n) is 4.41. The lowest BCUT2D eigenvalue weighted by Crippen LogP contribution is -2.35. The SMILES string of the molecule is O=C(Nc1ccc(Br)cc1)C1CC(=O)N(C2CCCC2)C1. The van der Waals surface area contributed by atoms with Gasteiger partial charge in [0.1, 0.15) is 0 Å². The second-order valence-corrected chi connectivity index (χ2v) is 6.80. The minimum atomic E-state index is -0.221. The third kappa shape index (κ3) is 3.28. The summed E-state index contributed by atoms with van der Waals surface area (Å²) in [5, 5.41) is 2.90. The van der Waals surface area contributed by atoms with Crippen LogP contribution in [0.4, 0.5) is 5.69 Å². The monoisotopic (exact) mass is 350 g/mol. The molecule has 0 spiro atoms. The van der Waals surface area contributed by atoms with Crippen LogP contribution in [0, 0.1) is 5.92 Å². The molecule has 1 unspecified atom stereocenters. The molecule has 0 radical (unpaired) electrons. The fourth-order valence-electron chi connectivity index (χ4n) is 3.25. The number of hydrogen-bond donors (Lipinski definition) is 1. The molecule has 21 heavy (non-hydrogen) atoms. The standard InChI is InChI=1S/C16H19BrN2O2/c17-12-5-7-13(8-6-12)18-16(21)11-9-15(20)19(10-11)14-3-1-2-4-14/h5-8,11,14H,1-4,9-10H2,(H,18,21). The fraction of sp³-hybridized carbons (Fsp3) is 0.500. The van der Waals surface area contributed by atoms with Gasteiger partial charge in [-0.25, -0.2) is 0 Å². The Bertz CT molecular complexity index is 538. The predicted octanol–water partition coefficient (Wildman–Crippen LogP) is 3.18. The van der Waals surface area contributed by atoms with E-state index < -0.39 is 0 Å². The zero-order chi connectivity index (χ0) is 14.8. The molecule has 4 nitrogen and oxygen atoms in total. The van der Waals surface area contributed by atoms with Gasteiger partial charge in [-0.3, -0.25) is 9.59 Å². The van der Waals surface area contributed by atoms with Crippen LogP contribution in [-0.2, 0) is 9.59 Å². The Morgan fingerprint density at radius 1 is 1.19 bits per heavy atom. The van der Waals surface area contributed by atoms with Crippen LogP contribution in [0.3, 0.4) is 0 Å². The molecular weight excluding hydrogens is 332 g/mol. The number of hydrogen-bond acceptors (Lipinski definition) is 2. The molecule has 2 aliphatic rings. The molecule has 112 valence electrons. The van der Waals surface area contributed by atoms with Crippen molar-refractivity contribution in [3.8, 4) is 0 Å². The molecular formula is C16H19BrN2O2.